The number of nitrogens with one attached hydrogen (secondary N) is 1. The van der Waals surface area contributed by atoms with Gasteiger partial charge in [0.2, 0.25) is 0 Å². The maximum Gasteiger partial charge on any atom is 0.252 e. The molecule has 1 aliphatic carbocycles. The molecular weight excluding hydrogens is 218 g/mol. The summed E-state index contributed by atoms with van der Waals surface area (Å²) in [6.45, 7) is 3.25. The molecular formula is C12H17N3O2. The zero-order valence-electron chi connectivity index (χ0n) is 9.82. The van der Waals surface area contributed by atoms with E-state index in [1.165, 1.54) is 0 Å². The molecule has 0 atom stereocenters. The highest BCUT2D eigenvalue weighted by atomic mass is 16.5. The van der Waals surface area contributed by atoms with Gasteiger partial charge in [-0.3, -0.25) is 4.79 Å². The summed E-state index contributed by atoms with van der Waals surface area (Å²) in [4.78, 5) is 21.2. The molecule has 5 heteroatoms. The van der Waals surface area contributed by atoms with Gasteiger partial charge >= 0.3 is 0 Å². The van der Waals surface area contributed by atoms with Gasteiger partial charge < -0.3 is 14.6 Å². The van der Waals surface area contributed by atoms with Gasteiger partial charge in [-0.05, 0) is 19.3 Å². The first-order chi connectivity index (χ1) is 8.33. The van der Waals surface area contributed by atoms with Crippen LogP contribution in [0.2, 0.25) is 0 Å². The van der Waals surface area contributed by atoms with Gasteiger partial charge in [0, 0.05) is 31.7 Å². The summed E-state index contributed by atoms with van der Waals surface area (Å²) >= 11 is 0. The molecule has 1 N–H and O–H groups in total. The number of rotatable bonds is 2. The van der Waals surface area contributed by atoms with Crippen molar-refractivity contribution in [3.05, 3.63) is 22.2 Å². The van der Waals surface area contributed by atoms with Crippen molar-refractivity contribution in [1.82, 2.24) is 9.97 Å². The van der Waals surface area contributed by atoms with E-state index in [9.17, 15) is 4.79 Å². The van der Waals surface area contributed by atoms with Crippen LogP contribution in [0.15, 0.2) is 10.9 Å². The standard InChI is InChI=1S/C12H17N3O2/c16-11-8-10(13-12(14-11)9-2-3-9)15-4-1-6-17-7-5-15/h8-9H,1-7H2,(H,13,14,16). The Morgan fingerprint density at radius 3 is 3.06 bits per heavy atom. The third-order valence-corrected chi connectivity index (χ3v) is 3.26. The average molecular weight is 235 g/mol. The molecule has 5 nitrogen and oxygen atoms in total. The number of hydrogen-bond acceptors (Lipinski definition) is 4. The number of hydrogen-bond donors (Lipinski definition) is 1. The predicted octanol–water partition coefficient (Wildman–Crippen LogP) is 0.874. The summed E-state index contributed by atoms with van der Waals surface area (Å²) < 4.78 is 5.41. The molecule has 1 saturated carbocycles. The van der Waals surface area contributed by atoms with Crippen LogP contribution in [0, 0.1) is 0 Å². The molecule has 17 heavy (non-hydrogen) atoms. The average Bonchev–Trinajstić information content (AvgIpc) is 3.16. The summed E-state index contributed by atoms with van der Waals surface area (Å²) in [5.74, 6) is 2.14. The number of H-pyrrole nitrogens is 1. The quantitative estimate of drug-likeness (QED) is 0.826. The maximum atomic E-state index is 11.6. The van der Waals surface area contributed by atoms with Crippen molar-refractivity contribution in [1.29, 1.82) is 0 Å². The third-order valence-electron chi connectivity index (χ3n) is 3.26. The Bertz CT molecular complexity index is 445. The Hall–Kier alpha value is -1.36. The number of aromatic amines is 1. The summed E-state index contributed by atoms with van der Waals surface area (Å²) in [5.41, 5.74) is -0.0398. The Morgan fingerprint density at radius 1 is 1.35 bits per heavy atom. The topological polar surface area (TPSA) is 58.2 Å². The zero-order chi connectivity index (χ0) is 11.7. The largest absolute Gasteiger partial charge is 0.380 e. The minimum absolute atomic E-state index is 0.0398. The van der Waals surface area contributed by atoms with Gasteiger partial charge in [-0.2, -0.15) is 0 Å². The number of aromatic nitrogens is 2. The second-order valence-electron chi connectivity index (χ2n) is 4.72. The molecule has 92 valence electrons. The van der Waals surface area contributed by atoms with Gasteiger partial charge in [-0.1, -0.05) is 0 Å². The SMILES string of the molecule is O=c1cc(N2CCCOCC2)nc(C2CC2)[nH]1. The molecule has 0 bridgehead atoms. The van der Waals surface area contributed by atoms with Crippen molar-refractivity contribution in [2.75, 3.05) is 31.2 Å². The fourth-order valence-corrected chi connectivity index (χ4v) is 2.15. The Balaban J connectivity index is 1.87. The number of anilines is 1. The molecule has 1 aromatic heterocycles. The first-order valence-corrected chi connectivity index (χ1v) is 6.27. The predicted molar refractivity (Wildman–Crippen MR) is 64.5 cm³/mol. The molecule has 0 radical (unpaired) electrons. The molecule has 2 aliphatic rings. The van der Waals surface area contributed by atoms with Gasteiger partial charge in [0.1, 0.15) is 11.6 Å². The van der Waals surface area contributed by atoms with E-state index in [0.717, 1.165) is 50.6 Å². The Labute approximate surface area is 99.8 Å². The molecule has 1 saturated heterocycles. The van der Waals surface area contributed by atoms with E-state index in [1.54, 1.807) is 6.07 Å². The summed E-state index contributed by atoms with van der Waals surface area (Å²) in [5, 5.41) is 0. The molecule has 2 heterocycles. The van der Waals surface area contributed by atoms with E-state index in [0.29, 0.717) is 12.5 Å². The second kappa shape index (κ2) is 4.49. The molecule has 1 aromatic rings. The van der Waals surface area contributed by atoms with Crippen molar-refractivity contribution < 1.29 is 4.74 Å². The minimum atomic E-state index is -0.0398. The van der Waals surface area contributed by atoms with E-state index in [4.69, 9.17) is 4.74 Å². The maximum absolute atomic E-state index is 11.6. The van der Waals surface area contributed by atoms with E-state index in [1.807, 2.05) is 0 Å². The van der Waals surface area contributed by atoms with Crippen molar-refractivity contribution >= 4 is 5.82 Å². The van der Waals surface area contributed by atoms with Gasteiger partial charge in [-0.25, -0.2) is 4.98 Å². The van der Waals surface area contributed by atoms with Crippen molar-refractivity contribution in [2.45, 2.75) is 25.2 Å². The van der Waals surface area contributed by atoms with E-state index in [-0.39, 0.29) is 5.56 Å². The van der Waals surface area contributed by atoms with Crippen LogP contribution in [-0.4, -0.2) is 36.3 Å². The lowest BCUT2D eigenvalue weighted by molar-refractivity contribution is 0.152. The van der Waals surface area contributed by atoms with Crippen LogP contribution in [0.4, 0.5) is 5.82 Å². The molecule has 2 fully saturated rings. The fraction of sp³-hybridized carbons (Fsp3) is 0.667. The lowest BCUT2D eigenvalue weighted by atomic mass is 10.3. The molecule has 0 aromatic carbocycles. The highest BCUT2D eigenvalue weighted by molar-refractivity contribution is 5.38. The summed E-state index contributed by atoms with van der Waals surface area (Å²) in [7, 11) is 0. The number of nitrogens with zero attached hydrogens (tertiary/aromatic N) is 2. The Morgan fingerprint density at radius 2 is 2.24 bits per heavy atom. The van der Waals surface area contributed by atoms with Crippen LogP contribution in [0.3, 0.4) is 0 Å². The monoisotopic (exact) mass is 235 g/mol. The van der Waals surface area contributed by atoms with Gasteiger partial charge in [-0.15, -0.1) is 0 Å². The number of ether oxygens (including phenoxy) is 1. The van der Waals surface area contributed by atoms with Crippen LogP contribution in [0.5, 0.6) is 0 Å². The van der Waals surface area contributed by atoms with Crippen LogP contribution < -0.4 is 10.5 Å². The second-order valence-corrected chi connectivity index (χ2v) is 4.72. The Kier molecular flexibility index (Phi) is 2.84. The van der Waals surface area contributed by atoms with E-state index >= 15 is 0 Å². The lowest BCUT2D eigenvalue weighted by Crippen LogP contribution is -2.28. The smallest absolute Gasteiger partial charge is 0.252 e. The fourth-order valence-electron chi connectivity index (χ4n) is 2.15. The highest BCUT2D eigenvalue weighted by Crippen LogP contribution is 2.37. The van der Waals surface area contributed by atoms with E-state index in [2.05, 4.69) is 14.9 Å². The van der Waals surface area contributed by atoms with Crippen molar-refractivity contribution in [3.8, 4) is 0 Å². The third kappa shape index (κ3) is 2.49. The molecule has 0 amide bonds. The normalized spacial score (nSPS) is 21.3. The van der Waals surface area contributed by atoms with Crippen LogP contribution in [-0.2, 0) is 4.74 Å². The molecule has 3 rings (SSSR count). The summed E-state index contributed by atoms with van der Waals surface area (Å²) in [6, 6.07) is 1.59. The molecule has 0 spiro atoms. The summed E-state index contributed by atoms with van der Waals surface area (Å²) in [6.07, 6.45) is 3.29. The van der Waals surface area contributed by atoms with Crippen LogP contribution >= 0.6 is 0 Å². The molecule has 1 aliphatic heterocycles. The highest BCUT2D eigenvalue weighted by Gasteiger charge is 2.27. The van der Waals surface area contributed by atoms with Gasteiger partial charge in [0.05, 0.1) is 6.61 Å². The van der Waals surface area contributed by atoms with Crippen LogP contribution in [0.1, 0.15) is 31.0 Å². The van der Waals surface area contributed by atoms with E-state index < -0.39 is 0 Å². The lowest BCUT2D eigenvalue weighted by Gasteiger charge is -2.20. The van der Waals surface area contributed by atoms with Gasteiger partial charge in [0.15, 0.2) is 0 Å². The zero-order valence-corrected chi connectivity index (χ0v) is 9.82. The van der Waals surface area contributed by atoms with Gasteiger partial charge in [0.25, 0.3) is 5.56 Å². The first-order valence-electron chi connectivity index (χ1n) is 6.27. The van der Waals surface area contributed by atoms with Crippen molar-refractivity contribution in [2.24, 2.45) is 0 Å². The molecule has 0 unspecified atom stereocenters. The first kappa shape index (κ1) is 10.8. The minimum Gasteiger partial charge on any atom is -0.380 e. The van der Waals surface area contributed by atoms with Crippen LogP contribution in [0.25, 0.3) is 0 Å². The van der Waals surface area contributed by atoms with Crippen molar-refractivity contribution in [3.63, 3.8) is 0 Å².